The van der Waals surface area contributed by atoms with Gasteiger partial charge in [-0.2, -0.15) is 0 Å². The summed E-state index contributed by atoms with van der Waals surface area (Å²) in [7, 11) is 0. The van der Waals surface area contributed by atoms with Crippen LogP contribution >= 0.6 is 12.4 Å². The van der Waals surface area contributed by atoms with Gasteiger partial charge in [0.15, 0.2) is 6.10 Å². The van der Waals surface area contributed by atoms with E-state index in [1.54, 1.807) is 0 Å². The van der Waals surface area contributed by atoms with Crippen LogP contribution in [0.25, 0.3) is 0 Å². The van der Waals surface area contributed by atoms with Crippen LogP contribution in [0.1, 0.15) is 5.56 Å². The number of hydrogen-bond donors (Lipinski definition) is 1. The largest absolute Gasteiger partial charge is 0.371 e. The van der Waals surface area contributed by atoms with E-state index in [1.165, 1.54) is 5.56 Å². The average Bonchev–Trinajstić information content (AvgIpc) is 3.01. The number of hydrogen-bond acceptors (Lipinski definition) is 6. The standard InChI is InChI=1S/C13H16N2O5.ClH/c16-15(17)20-11-8-19-12-10(7-18-13(11)12)14-6-9-4-2-1-3-5-9;/h1-5,10-14H,6-8H2;1H/t10-,11-,12+,13+;/m0./s1. The first-order valence-electron chi connectivity index (χ1n) is 6.56. The molecule has 2 aliphatic heterocycles. The predicted octanol–water partition coefficient (Wildman–Crippen LogP) is 0.941. The van der Waals surface area contributed by atoms with Crippen LogP contribution in [-0.4, -0.2) is 42.7 Å². The Hall–Kier alpha value is -1.41. The molecule has 0 aliphatic carbocycles. The van der Waals surface area contributed by atoms with E-state index in [2.05, 4.69) is 10.2 Å². The Labute approximate surface area is 128 Å². The van der Waals surface area contributed by atoms with Crippen LogP contribution in [0.4, 0.5) is 0 Å². The number of fused-ring (bicyclic) bond motifs is 1. The highest BCUT2D eigenvalue weighted by molar-refractivity contribution is 5.85. The molecular weight excluding hydrogens is 300 g/mol. The smallest absolute Gasteiger partial charge is 0.294 e. The Morgan fingerprint density at radius 3 is 2.67 bits per heavy atom. The van der Waals surface area contributed by atoms with E-state index < -0.39 is 11.2 Å². The van der Waals surface area contributed by atoms with Gasteiger partial charge in [-0.1, -0.05) is 30.3 Å². The Balaban J connectivity index is 0.00000161. The second-order valence-corrected chi connectivity index (χ2v) is 4.94. The van der Waals surface area contributed by atoms with E-state index in [4.69, 9.17) is 9.47 Å². The fraction of sp³-hybridized carbons (Fsp3) is 0.538. The molecular formula is C13H17ClN2O5. The molecule has 21 heavy (non-hydrogen) atoms. The molecule has 4 atom stereocenters. The first-order valence-corrected chi connectivity index (χ1v) is 6.56. The van der Waals surface area contributed by atoms with E-state index in [0.717, 1.165) is 0 Å². The average molecular weight is 317 g/mol. The van der Waals surface area contributed by atoms with E-state index in [-0.39, 0.29) is 37.3 Å². The number of nitrogens with zero attached hydrogens (tertiary/aromatic N) is 1. The van der Waals surface area contributed by atoms with Gasteiger partial charge in [0.25, 0.3) is 5.09 Å². The molecule has 3 rings (SSSR count). The Morgan fingerprint density at radius 1 is 1.24 bits per heavy atom. The SMILES string of the molecule is Cl.O=[N+]([O-])O[C@H]1CO[C@H]2[C@@H]1OC[C@@H]2NCc1ccccc1. The minimum atomic E-state index is -0.787. The second kappa shape index (κ2) is 7.04. The highest BCUT2D eigenvalue weighted by Gasteiger charge is 2.49. The molecule has 0 amide bonds. The van der Waals surface area contributed by atoms with Crippen LogP contribution in [0, 0.1) is 10.1 Å². The zero-order valence-electron chi connectivity index (χ0n) is 11.2. The van der Waals surface area contributed by atoms with Crippen molar-refractivity contribution >= 4 is 12.4 Å². The number of halogens is 1. The summed E-state index contributed by atoms with van der Waals surface area (Å²) < 4.78 is 11.1. The molecule has 2 saturated heterocycles. The number of rotatable bonds is 5. The van der Waals surface area contributed by atoms with Gasteiger partial charge >= 0.3 is 0 Å². The summed E-state index contributed by atoms with van der Waals surface area (Å²) in [6.45, 7) is 1.38. The monoisotopic (exact) mass is 316 g/mol. The third-order valence-electron chi connectivity index (χ3n) is 3.64. The van der Waals surface area contributed by atoms with Crippen molar-refractivity contribution < 1.29 is 19.4 Å². The highest BCUT2D eigenvalue weighted by Crippen LogP contribution is 2.29. The van der Waals surface area contributed by atoms with Gasteiger partial charge in [-0.3, -0.25) is 0 Å². The van der Waals surface area contributed by atoms with Crippen LogP contribution in [0.5, 0.6) is 0 Å². The molecule has 1 aromatic rings. The zero-order chi connectivity index (χ0) is 13.9. The zero-order valence-corrected chi connectivity index (χ0v) is 12.0. The summed E-state index contributed by atoms with van der Waals surface area (Å²) in [4.78, 5) is 15.0. The molecule has 2 aliphatic rings. The second-order valence-electron chi connectivity index (χ2n) is 4.94. The van der Waals surface area contributed by atoms with Crippen LogP contribution in [0.2, 0.25) is 0 Å². The number of benzene rings is 1. The molecule has 0 aromatic heterocycles. The lowest BCUT2D eigenvalue weighted by atomic mass is 10.1. The minimum Gasteiger partial charge on any atom is -0.371 e. The summed E-state index contributed by atoms with van der Waals surface area (Å²) >= 11 is 0. The van der Waals surface area contributed by atoms with E-state index >= 15 is 0 Å². The summed E-state index contributed by atoms with van der Waals surface area (Å²) in [6, 6.07) is 10.0. The molecule has 0 saturated carbocycles. The molecule has 116 valence electrons. The third-order valence-corrected chi connectivity index (χ3v) is 3.64. The molecule has 0 unspecified atom stereocenters. The van der Waals surface area contributed by atoms with Crippen molar-refractivity contribution in [3.05, 3.63) is 46.0 Å². The van der Waals surface area contributed by atoms with Crippen molar-refractivity contribution in [2.24, 2.45) is 0 Å². The van der Waals surface area contributed by atoms with Gasteiger partial charge in [0.05, 0.1) is 19.3 Å². The molecule has 2 fully saturated rings. The first kappa shape index (κ1) is 16.0. The van der Waals surface area contributed by atoms with Gasteiger partial charge in [-0.05, 0) is 5.56 Å². The van der Waals surface area contributed by atoms with Gasteiger partial charge in [-0.25, -0.2) is 0 Å². The van der Waals surface area contributed by atoms with E-state index in [1.807, 2.05) is 30.3 Å². The van der Waals surface area contributed by atoms with Gasteiger partial charge in [0.1, 0.15) is 12.2 Å². The molecule has 1 aromatic carbocycles. The molecule has 1 N–H and O–H groups in total. The van der Waals surface area contributed by atoms with Crippen molar-refractivity contribution in [3.8, 4) is 0 Å². The van der Waals surface area contributed by atoms with E-state index in [9.17, 15) is 10.1 Å². The van der Waals surface area contributed by atoms with Gasteiger partial charge in [0, 0.05) is 6.54 Å². The van der Waals surface area contributed by atoms with Crippen LogP contribution in [0.3, 0.4) is 0 Å². The van der Waals surface area contributed by atoms with Crippen LogP contribution in [0.15, 0.2) is 30.3 Å². The van der Waals surface area contributed by atoms with Gasteiger partial charge in [-0.15, -0.1) is 22.5 Å². The lowest BCUT2D eigenvalue weighted by molar-refractivity contribution is -0.769. The van der Waals surface area contributed by atoms with Crippen molar-refractivity contribution in [3.63, 3.8) is 0 Å². The third kappa shape index (κ3) is 3.62. The normalized spacial score (nSPS) is 30.5. The highest BCUT2D eigenvalue weighted by atomic mass is 35.5. The van der Waals surface area contributed by atoms with Crippen molar-refractivity contribution in [2.45, 2.75) is 30.9 Å². The lowest BCUT2D eigenvalue weighted by Gasteiger charge is -2.17. The lowest BCUT2D eigenvalue weighted by Crippen LogP contribution is -2.41. The molecule has 0 radical (unpaired) electrons. The quantitative estimate of drug-likeness (QED) is 0.643. The van der Waals surface area contributed by atoms with Gasteiger partial charge < -0.3 is 19.6 Å². The Bertz CT molecular complexity index is 475. The minimum absolute atomic E-state index is 0. The maximum atomic E-state index is 10.4. The topological polar surface area (TPSA) is 82.9 Å². The molecule has 0 spiro atoms. The molecule has 7 nitrogen and oxygen atoms in total. The summed E-state index contributed by atoms with van der Waals surface area (Å²) in [5, 5.41) is 13.0. The Morgan fingerprint density at radius 2 is 1.95 bits per heavy atom. The Kier molecular flexibility index (Phi) is 5.35. The van der Waals surface area contributed by atoms with Gasteiger partial charge in [0.2, 0.25) is 0 Å². The maximum Gasteiger partial charge on any atom is 0.294 e. The van der Waals surface area contributed by atoms with Crippen LogP contribution < -0.4 is 5.32 Å². The maximum absolute atomic E-state index is 10.4. The first-order chi connectivity index (χ1) is 9.74. The summed E-state index contributed by atoms with van der Waals surface area (Å²) in [5.74, 6) is 0. The number of nitrogens with one attached hydrogen (secondary N) is 1. The van der Waals surface area contributed by atoms with Crippen molar-refractivity contribution in [2.75, 3.05) is 13.2 Å². The molecule has 0 bridgehead atoms. The summed E-state index contributed by atoms with van der Waals surface area (Å²) in [6.07, 6.45) is -1.18. The fourth-order valence-corrected chi connectivity index (χ4v) is 2.68. The van der Waals surface area contributed by atoms with E-state index in [0.29, 0.717) is 13.2 Å². The van der Waals surface area contributed by atoms with Crippen LogP contribution in [-0.2, 0) is 20.9 Å². The molecule has 2 heterocycles. The fourth-order valence-electron chi connectivity index (χ4n) is 2.68. The predicted molar refractivity (Wildman–Crippen MR) is 75.7 cm³/mol. The summed E-state index contributed by atoms with van der Waals surface area (Å²) in [5.41, 5.74) is 1.17. The van der Waals surface area contributed by atoms with Crippen molar-refractivity contribution in [1.82, 2.24) is 5.32 Å². The number of ether oxygens (including phenoxy) is 2. The molecule has 8 heteroatoms. The van der Waals surface area contributed by atoms with Crippen molar-refractivity contribution in [1.29, 1.82) is 0 Å².